The highest BCUT2D eigenvalue weighted by molar-refractivity contribution is 6.34. The van der Waals surface area contributed by atoms with Crippen molar-refractivity contribution in [3.05, 3.63) is 58.6 Å². The number of hydrogen-bond donors (Lipinski definition) is 2. The third-order valence-electron chi connectivity index (χ3n) is 5.08. The summed E-state index contributed by atoms with van der Waals surface area (Å²) in [7, 11) is 0. The number of fused-ring (bicyclic) bond motifs is 1. The molecule has 1 aliphatic rings. The molecular weight excluding hydrogens is 346 g/mol. The average Bonchev–Trinajstić information content (AvgIpc) is 2.96. The van der Waals surface area contributed by atoms with Crippen LogP contribution >= 0.6 is 11.6 Å². The van der Waals surface area contributed by atoms with Gasteiger partial charge in [0.1, 0.15) is 0 Å². The van der Waals surface area contributed by atoms with E-state index in [1.807, 2.05) is 6.07 Å². The number of carbonyl (C=O) groups excluding carboxylic acids is 1. The van der Waals surface area contributed by atoms with Gasteiger partial charge < -0.3 is 10.1 Å². The van der Waals surface area contributed by atoms with Gasteiger partial charge in [0.25, 0.3) is 0 Å². The molecule has 26 heavy (non-hydrogen) atoms. The number of carbonyl (C=O) groups is 1. The van der Waals surface area contributed by atoms with Crippen LogP contribution < -0.4 is 0 Å². The zero-order valence-corrected chi connectivity index (χ0v) is 15.4. The summed E-state index contributed by atoms with van der Waals surface area (Å²) in [5, 5.41) is 11.3. The first-order valence-corrected chi connectivity index (χ1v) is 9.27. The smallest absolute Gasteiger partial charge is 0.200 e. The normalized spacial score (nSPS) is 14.5. The van der Waals surface area contributed by atoms with Crippen molar-refractivity contribution in [3.63, 3.8) is 0 Å². The molecule has 1 heterocycles. The molecule has 0 radical (unpaired) electrons. The number of aromatic nitrogens is 1. The molecule has 0 aliphatic heterocycles. The zero-order chi connectivity index (χ0) is 18.3. The van der Waals surface area contributed by atoms with E-state index in [0.717, 1.165) is 24.0 Å². The van der Waals surface area contributed by atoms with Crippen molar-refractivity contribution in [2.45, 2.75) is 32.6 Å². The van der Waals surface area contributed by atoms with Crippen LogP contribution in [0, 0.1) is 0 Å². The number of H-pyrrole nitrogens is 1. The molecule has 0 unspecified atom stereocenters. The Morgan fingerprint density at radius 1 is 1.12 bits per heavy atom. The number of rotatable bonds is 3. The highest BCUT2D eigenvalue weighted by Crippen LogP contribution is 2.37. The molecule has 0 bridgehead atoms. The van der Waals surface area contributed by atoms with Gasteiger partial charge in [0.15, 0.2) is 5.78 Å². The van der Waals surface area contributed by atoms with E-state index in [1.54, 1.807) is 6.07 Å². The van der Waals surface area contributed by atoms with Crippen LogP contribution in [0.5, 0.6) is 5.88 Å². The summed E-state index contributed by atoms with van der Waals surface area (Å²) < 4.78 is 0. The van der Waals surface area contributed by atoms with E-state index < -0.39 is 0 Å². The van der Waals surface area contributed by atoms with Crippen LogP contribution in [0.25, 0.3) is 27.6 Å². The lowest BCUT2D eigenvalue weighted by Crippen LogP contribution is -1.92. The Morgan fingerprint density at radius 2 is 1.85 bits per heavy atom. The van der Waals surface area contributed by atoms with Crippen LogP contribution in [-0.2, 0) is 0 Å². The highest BCUT2D eigenvalue weighted by atomic mass is 35.5. The summed E-state index contributed by atoms with van der Waals surface area (Å²) in [6.45, 7) is 1.45. The number of aromatic amines is 1. The Balaban J connectivity index is 1.78. The summed E-state index contributed by atoms with van der Waals surface area (Å²) in [6.07, 6.45) is 7.15. The molecule has 0 saturated heterocycles. The number of halogens is 1. The second kappa shape index (κ2) is 6.65. The summed E-state index contributed by atoms with van der Waals surface area (Å²) in [5.74, 6) is -0.290. The standard InChI is InChI=1S/C22H20ClNO2/c1-13(25)21-18-11-17(19(23)12-20(18)24-22(21)26)16-9-7-15(8-10-16)14-5-3-2-4-6-14/h5,7-12,24,26H,2-4,6H2,1H3. The molecule has 2 aromatic carbocycles. The van der Waals surface area contributed by atoms with E-state index in [1.165, 1.54) is 30.9 Å². The lowest BCUT2D eigenvalue weighted by atomic mass is 9.92. The molecule has 3 nitrogen and oxygen atoms in total. The fourth-order valence-electron chi connectivity index (χ4n) is 3.74. The second-order valence-electron chi connectivity index (χ2n) is 6.83. The SMILES string of the molecule is CC(=O)c1c(O)[nH]c2cc(Cl)c(-c3ccc(C4=CCCCC4)cc3)cc12. The molecule has 0 atom stereocenters. The number of benzene rings is 2. The van der Waals surface area contributed by atoms with Crippen molar-refractivity contribution in [1.29, 1.82) is 0 Å². The van der Waals surface area contributed by atoms with Crippen LogP contribution in [0.2, 0.25) is 5.02 Å². The molecule has 4 heteroatoms. The minimum absolute atomic E-state index is 0.111. The number of Topliss-reactive ketones (excluding diaryl/α,β-unsaturated/α-hetero) is 1. The number of nitrogens with one attached hydrogen (secondary N) is 1. The Labute approximate surface area is 157 Å². The monoisotopic (exact) mass is 365 g/mol. The lowest BCUT2D eigenvalue weighted by molar-refractivity contribution is 0.101. The van der Waals surface area contributed by atoms with E-state index in [0.29, 0.717) is 21.5 Å². The number of aromatic hydroxyl groups is 1. The molecule has 132 valence electrons. The number of allylic oxidation sites excluding steroid dienone is 2. The number of ketones is 1. The maximum absolute atomic E-state index is 11.9. The average molecular weight is 366 g/mol. The van der Waals surface area contributed by atoms with Crippen LogP contribution in [0.3, 0.4) is 0 Å². The Kier molecular flexibility index (Phi) is 4.33. The zero-order valence-electron chi connectivity index (χ0n) is 14.6. The van der Waals surface area contributed by atoms with Gasteiger partial charge in [-0.3, -0.25) is 4.79 Å². The van der Waals surface area contributed by atoms with Gasteiger partial charge >= 0.3 is 0 Å². The van der Waals surface area contributed by atoms with Gasteiger partial charge in [0.05, 0.1) is 16.1 Å². The van der Waals surface area contributed by atoms with E-state index in [-0.39, 0.29) is 11.7 Å². The maximum Gasteiger partial charge on any atom is 0.200 e. The minimum Gasteiger partial charge on any atom is -0.494 e. The predicted octanol–water partition coefficient (Wildman–Crippen LogP) is 6.35. The van der Waals surface area contributed by atoms with Crippen LogP contribution in [0.4, 0.5) is 0 Å². The predicted molar refractivity (Wildman–Crippen MR) is 107 cm³/mol. The van der Waals surface area contributed by atoms with Gasteiger partial charge in [-0.25, -0.2) is 0 Å². The fourth-order valence-corrected chi connectivity index (χ4v) is 4.02. The molecule has 0 fully saturated rings. The molecule has 4 rings (SSSR count). The Morgan fingerprint density at radius 3 is 2.50 bits per heavy atom. The van der Waals surface area contributed by atoms with Gasteiger partial charge in [-0.2, -0.15) is 0 Å². The second-order valence-corrected chi connectivity index (χ2v) is 7.24. The van der Waals surface area contributed by atoms with Gasteiger partial charge in [0.2, 0.25) is 5.88 Å². The first-order chi connectivity index (χ1) is 12.5. The number of hydrogen-bond acceptors (Lipinski definition) is 2. The van der Waals surface area contributed by atoms with Crippen molar-refractivity contribution < 1.29 is 9.90 Å². The molecule has 1 aromatic heterocycles. The van der Waals surface area contributed by atoms with E-state index in [2.05, 4.69) is 35.3 Å². The maximum atomic E-state index is 11.9. The largest absolute Gasteiger partial charge is 0.494 e. The van der Waals surface area contributed by atoms with Gasteiger partial charge in [-0.1, -0.05) is 41.9 Å². The third-order valence-corrected chi connectivity index (χ3v) is 5.39. The summed E-state index contributed by atoms with van der Waals surface area (Å²) in [5.41, 5.74) is 5.48. The fraction of sp³-hybridized carbons (Fsp3) is 0.227. The van der Waals surface area contributed by atoms with E-state index in [9.17, 15) is 9.90 Å². The Bertz CT molecular complexity index is 1030. The summed E-state index contributed by atoms with van der Waals surface area (Å²) in [4.78, 5) is 14.7. The van der Waals surface area contributed by atoms with E-state index in [4.69, 9.17) is 11.6 Å². The molecule has 0 amide bonds. The van der Waals surface area contributed by atoms with Crippen molar-refractivity contribution in [1.82, 2.24) is 4.98 Å². The van der Waals surface area contributed by atoms with Crippen LogP contribution in [0.1, 0.15) is 48.5 Å². The first-order valence-electron chi connectivity index (χ1n) is 8.89. The van der Waals surface area contributed by atoms with Gasteiger partial charge in [-0.05, 0) is 61.4 Å². The van der Waals surface area contributed by atoms with Crippen molar-refractivity contribution in [2.75, 3.05) is 0 Å². The van der Waals surface area contributed by atoms with Crippen molar-refractivity contribution in [2.24, 2.45) is 0 Å². The van der Waals surface area contributed by atoms with Crippen LogP contribution in [0.15, 0.2) is 42.5 Å². The topological polar surface area (TPSA) is 53.1 Å². The van der Waals surface area contributed by atoms with Crippen molar-refractivity contribution >= 4 is 33.9 Å². The summed E-state index contributed by atoms with van der Waals surface area (Å²) >= 11 is 6.47. The minimum atomic E-state index is -0.179. The molecule has 0 spiro atoms. The summed E-state index contributed by atoms with van der Waals surface area (Å²) in [6, 6.07) is 12.0. The highest BCUT2D eigenvalue weighted by Gasteiger charge is 2.17. The van der Waals surface area contributed by atoms with Crippen molar-refractivity contribution in [3.8, 4) is 17.0 Å². The Hall–Kier alpha value is -2.52. The third kappa shape index (κ3) is 2.93. The molecule has 0 saturated carbocycles. The molecule has 3 aromatic rings. The first kappa shape index (κ1) is 16.9. The molecular formula is C22H20ClNO2. The lowest BCUT2D eigenvalue weighted by Gasteiger charge is -2.13. The quantitative estimate of drug-likeness (QED) is 0.531. The van der Waals surface area contributed by atoms with E-state index >= 15 is 0 Å². The van der Waals surface area contributed by atoms with Gasteiger partial charge in [0, 0.05) is 10.9 Å². The molecule has 1 aliphatic carbocycles. The van der Waals surface area contributed by atoms with Gasteiger partial charge in [-0.15, -0.1) is 0 Å². The molecule has 2 N–H and O–H groups in total. The van der Waals surface area contributed by atoms with Crippen LogP contribution in [-0.4, -0.2) is 15.9 Å².